The largest absolute Gasteiger partial charge is 0.259 e. The first-order chi connectivity index (χ1) is 9.23. The second kappa shape index (κ2) is 5.45. The zero-order valence-electron chi connectivity index (χ0n) is 12.8. The van der Waals surface area contributed by atoms with E-state index in [9.17, 15) is 8.42 Å². The second-order valence-corrected chi connectivity index (χ2v) is 8.46. The first-order valence-corrected chi connectivity index (χ1v) is 8.64. The van der Waals surface area contributed by atoms with E-state index in [1.807, 2.05) is 13.0 Å². The molecule has 2 heterocycles. The van der Waals surface area contributed by atoms with Crippen LogP contribution in [0.2, 0.25) is 0 Å². The first-order valence-electron chi connectivity index (χ1n) is 7.20. The molecule has 2 rings (SSSR count). The highest BCUT2D eigenvalue weighted by Gasteiger charge is 2.28. The lowest BCUT2D eigenvalue weighted by atomic mass is 9.91. The summed E-state index contributed by atoms with van der Waals surface area (Å²) >= 11 is 0. The molecule has 0 spiro atoms. The number of hydrogen-bond acceptors (Lipinski definition) is 3. The molecule has 1 aliphatic rings. The molecule has 1 aromatic rings. The molecule has 0 atom stereocenters. The molecule has 0 radical (unpaired) electrons. The van der Waals surface area contributed by atoms with Crippen molar-refractivity contribution in [2.45, 2.75) is 57.3 Å². The maximum absolute atomic E-state index is 12.7. The van der Waals surface area contributed by atoms with Crippen LogP contribution in [-0.4, -0.2) is 30.8 Å². The minimum absolute atomic E-state index is 0.0713. The number of rotatable bonds is 2. The van der Waals surface area contributed by atoms with Crippen LogP contribution >= 0.6 is 0 Å². The van der Waals surface area contributed by atoms with Crippen molar-refractivity contribution in [2.75, 3.05) is 13.1 Å². The van der Waals surface area contributed by atoms with Gasteiger partial charge < -0.3 is 0 Å². The summed E-state index contributed by atoms with van der Waals surface area (Å²) in [5.74, 6) is 0. The fraction of sp³-hybridized carbons (Fsp3) is 0.667. The molecule has 0 saturated carbocycles. The van der Waals surface area contributed by atoms with Crippen molar-refractivity contribution in [3.05, 3.63) is 23.5 Å². The molecular weight excluding hydrogens is 272 g/mol. The maximum atomic E-state index is 12.7. The van der Waals surface area contributed by atoms with E-state index >= 15 is 0 Å². The topological polar surface area (TPSA) is 50.3 Å². The van der Waals surface area contributed by atoms with Crippen molar-refractivity contribution < 1.29 is 8.42 Å². The van der Waals surface area contributed by atoms with Crippen molar-refractivity contribution in [1.82, 2.24) is 9.29 Å². The lowest BCUT2D eigenvalue weighted by Crippen LogP contribution is -2.36. The van der Waals surface area contributed by atoms with E-state index in [0.29, 0.717) is 18.0 Å². The predicted molar refractivity (Wildman–Crippen MR) is 80.3 cm³/mol. The average Bonchev–Trinajstić information content (AvgIpc) is 2.38. The predicted octanol–water partition coefficient (Wildman–Crippen LogP) is 2.86. The third kappa shape index (κ3) is 3.04. The van der Waals surface area contributed by atoms with Crippen LogP contribution in [0, 0.1) is 6.92 Å². The molecular formula is C15H24N2O2S. The van der Waals surface area contributed by atoms with Crippen molar-refractivity contribution in [3.8, 4) is 0 Å². The lowest BCUT2D eigenvalue weighted by Gasteiger charge is -2.27. The van der Waals surface area contributed by atoms with Crippen LogP contribution in [0.1, 0.15) is 51.3 Å². The molecule has 1 aromatic heterocycles. The molecule has 5 heteroatoms. The summed E-state index contributed by atoms with van der Waals surface area (Å²) in [6, 6.07) is 1.90. The highest BCUT2D eigenvalue weighted by molar-refractivity contribution is 7.89. The van der Waals surface area contributed by atoms with Crippen LogP contribution in [0.15, 0.2) is 17.2 Å². The fourth-order valence-electron chi connectivity index (χ4n) is 2.47. The molecule has 0 unspecified atom stereocenters. The van der Waals surface area contributed by atoms with Crippen LogP contribution in [0.25, 0.3) is 0 Å². The van der Waals surface area contributed by atoms with Crippen molar-refractivity contribution >= 4 is 10.0 Å². The van der Waals surface area contributed by atoms with E-state index in [0.717, 1.165) is 30.5 Å². The molecule has 0 amide bonds. The molecule has 1 fully saturated rings. The summed E-state index contributed by atoms with van der Waals surface area (Å²) in [4.78, 5) is 4.72. The van der Waals surface area contributed by atoms with Crippen molar-refractivity contribution in [1.29, 1.82) is 0 Å². The van der Waals surface area contributed by atoms with Crippen molar-refractivity contribution in [3.63, 3.8) is 0 Å². The molecule has 20 heavy (non-hydrogen) atoms. The Labute approximate surface area is 122 Å². The van der Waals surface area contributed by atoms with E-state index in [1.165, 1.54) is 6.20 Å². The van der Waals surface area contributed by atoms with Gasteiger partial charge in [0.05, 0.1) is 0 Å². The Kier molecular flexibility index (Phi) is 4.21. The Bertz CT molecular complexity index is 582. The van der Waals surface area contributed by atoms with Gasteiger partial charge in [0.1, 0.15) is 4.90 Å². The number of pyridine rings is 1. The Balaban J connectivity index is 2.37. The van der Waals surface area contributed by atoms with Gasteiger partial charge in [-0.15, -0.1) is 0 Å². The smallest absolute Gasteiger partial charge is 0.244 e. The number of aryl methyl sites for hydroxylation is 1. The number of sulfonamides is 1. The Hall–Kier alpha value is -0.940. The van der Waals surface area contributed by atoms with E-state index in [2.05, 4.69) is 25.8 Å². The molecule has 1 saturated heterocycles. The second-order valence-electron chi connectivity index (χ2n) is 6.55. The van der Waals surface area contributed by atoms with Crippen LogP contribution in [-0.2, 0) is 15.4 Å². The van der Waals surface area contributed by atoms with Gasteiger partial charge in [0.25, 0.3) is 0 Å². The van der Waals surface area contributed by atoms with Gasteiger partial charge in [-0.3, -0.25) is 4.98 Å². The average molecular weight is 296 g/mol. The summed E-state index contributed by atoms with van der Waals surface area (Å²) in [7, 11) is -3.38. The first kappa shape index (κ1) is 15.4. The van der Waals surface area contributed by atoms with E-state index in [1.54, 1.807) is 4.31 Å². The van der Waals surface area contributed by atoms with Crippen LogP contribution in [0.3, 0.4) is 0 Å². The fourth-order valence-corrected chi connectivity index (χ4v) is 4.14. The Morgan fingerprint density at radius 2 is 1.75 bits per heavy atom. The molecule has 4 nitrogen and oxygen atoms in total. The normalized spacial score (nSPS) is 18.2. The summed E-state index contributed by atoms with van der Waals surface area (Å²) in [6.45, 7) is 9.34. The molecule has 0 bridgehead atoms. The molecule has 0 aromatic carbocycles. The lowest BCUT2D eigenvalue weighted by molar-refractivity contribution is 0.346. The molecule has 1 aliphatic heterocycles. The number of piperidine rings is 1. The third-order valence-electron chi connectivity index (χ3n) is 3.76. The van der Waals surface area contributed by atoms with Gasteiger partial charge in [0, 0.05) is 30.4 Å². The minimum Gasteiger partial charge on any atom is -0.259 e. The molecule has 112 valence electrons. The summed E-state index contributed by atoms with van der Waals surface area (Å²) in [6.07, 6.45) is 4.55. The van der Waals surface area contributed by atoms with Crippen LogP contribution in [0.4, 0.5) is 0 Å². The zero-order valence-corrected chi connectivity index (χ0v) is 13.6. The number of aromatic nitrogens is 1. The van der Waals surface area contributed by atoms with Gasteiger partial charge >= 0.3 is 0 Å². The monoisotopic (exact) mass is 296 g/mol. The van der Waals surface area contributed by atoms with Crippen LogP contribution in [0.5, 0.6) is 0 Å². The quantitative estimate of drug-likeness (QED) is 0.843. The summed E-state index contributed by atoms with van der Waals surface area (Å²) < 4.78 is 26.9. The van der Waals surface area contributed by atoms with Gasteiger partial charge in [0.2, 0.25) is 10.0 Å². The van der Waals surface area contributed by atoms with E-state index in [4.69, 9.17) is 0 Å². The number of hydrogen-bond donors (Lipinski definition) is 0. The number of nitrogens with zero attached hydrogens (tertiary/aromatic N) is 2. The minimum atomic E-state index is -3.38. The summed E-state index contributed by atoms with van der Waals surface area (Å²) in [5.41, 5.74) is 1.64. The highest BCUT2D eigenvalue weighted by atomic mass is 32.2. The third-order valence-corrected chi connectivity index (χ3v) is 5.79. The summed E-state index contributed by atoms with van der Waals surface area (Å²) in [5, 5.41) is 0. The molecule has 0 aliphatic carbocycles. The van der Waals surface area contributed by atoms with Crippen LogP contribution < -0.4 is 0 Å². The van der Waals surface area contributed by atoms with Gasteiger partial charge in [-0.1, -0.05) is 27.2 Å². The SMILES string of the molecule is Cc1cc(C(C)(C)C)ncc1S(=O)(=O)N1CCCCC1. The zero-order chi connectivity index (χ0) is 15.0. The highest BCUT2D eigenvalue weighted by Crippen LogP contribution is 2.26. The molecule has 0 N–H and O–H groups in total. The van der Waals surface area contributed by atoms with Crippen molar-refractivity contribution in [2.24, 2.45) is 0 Å². The Morgan fingerprint density at radius 3 is 2.25 bits per heavy atom. The maximum Gasteiger partial charge on any atom is 0.244 e. The van der Waals surface area contributed by atoms with E-state index < -0.39 is 10.0 Å². The van der Waals surface area contributed by atoms with Gasteiger partial charge in [-0.05, 0) is 31.4 Å². The Morgan fingerprint density at radius 1 is 1.15 bits per heavy atom. The van der Waals surface area contributed by atoms with Gasteiger partial charge in [0.15, 0.2) is 0 Å². The standard InChI is InChI=1S/C15H24N2O2S/c1-12-10-14(15(2,3)4)16-11-13(12)20(18,19)17-8-6-5-7-9-17/h10-11H,5-9H2,1-4H3. The van der Waals surface area contributed by atoms with Gasteiger partial charge in [-0.25, -0.2) is 8.42 Å². The van der Waals surface area contributed by atoms with Gasteiger partial charge in [-0.2, -0.15) is 4.31 Å². The van der Waals surface area contributed by atoms with E-state index in [-0.39, 0.29) is 5.41 Å².